The van der Waals surface area contributed by atoms with Crippen molar-refractivity contribution in [2.24, 2.45) is 0 Å². The lowest BCUT2D eigenvalue weighted by molar-refractivity contribution is -0.151. The standard InChI is InChI=1S/C31H39FN4O4/c1-39-24-13-11-23(12-14-24)21-29-31(38)36(27-9-4-5-10-28(27)40-29)22-30(37)33-15-6-16-34-17-19-35(20-18-34)26-8-3-2-7-25(26)32/h2-3,7-8,11-14,21,27-28H,4-6,9-10,15-20,22H2,1H3,(H,33,37)/b29-21+. The molecular formula is C31H39FN4O4. The van der Waals surface area contributed by atoms with Gasteiger partial charge in [-0.15, -0.1) is 0 Å². The monoisotopic (exact) mass is 550 g/mol. The summed E-state index contributed by atoms with van der Waals surface area (Å²) in [5.74, 6) is 0.471. The summed E-state index contributed by atoms with van der Waals surface area (Å²) in [6, 6.07) is 14.3. The number of methoxy groups -OCH3 is 1. The van der Waals surface area contributed by atoms with Crippen molar-refractivity contribution < 1.29 is 23.5 Å². The lowest BCUT2D eigenvalue weighted by Crippen LogP contribution is -2.57. The van der Waals surface area contributed by atoms with Crippen molar-refractivity contribution in [1.29, 1.82) is 0 Å². The van der Waals surface area contributed by atoms with Crippen molar-refractivity contribution >= 4 is 23.6 Å². The van der Waals surface area contributed by atoms with E-state index in [0.29, 0.717) is 12.2 Å². The average molecular weight is 551 g/mol. The summed E-state index contributed by atoms with van der Waals surface area (Å²) < 4.78 is 25.5. The van der Waals surface area contributed by atoms with Gasteiger partial charge in [-0.3, -0.25) is 14.5 Å². The highest BCUT2D eigenvalue weighted by atomic mass is 19.1. The van der Waals surface area contributed by atoms with Gasteiger partial charge in [0.1, 0.15) is 24.2 Å². The van der Waals surface area contributed by atoms with E-state index in [1.165, 1.54) is 6.07 Å². The van der Waals surface area contributed by atoms with Gasteiger partial charge in [-0.05, 0) is 68.1 Å². The summed E-state index contributed by atoms with van der Waals surface area (Å²) in [5.41, 5.74) is 1.51. The number of hydrogen-bond acceptors (Lipinski definition) is 6. The van der Waals surface area contributed by atoms with Gasteiger partial charge in [0.25, 0.3) is 5.91 Å². The number of piperazine rings is 1. The van der Waals surface area contributed by atoms with E-state index < -0.39 is 0 Å². The molecule has 0 spiro atoms. The number of halogens is 1. The Kier molecular flexibility index (Phi) is 9.21. The van der Waals surface area contributed by atoms with Crippen molar-refractivity contribution in [3.63, 3.8) is 0 Å². The minimum Gasteiger partial charge on any atom is -0.497 e. The van der Waals surface area contributed by atoms with E-state index in [0.717, 1.165) is 76.1 Å². The van der Waals surface area contributed by atoms with Gasteiger partial charge in [0.05, 0.1) is 18.8 Å². The summed E-state index contributed by atoms with van der Waals surface area (Å²) >= 11 is 0. The fourth-order valence-electron chi connectivity index (χ4n) is 5.87. The van der Waals surface area contributed by atoms with E-state index in [4.69, 9.17) is 9.47 Å². The topological polar surface area (TPSA) is 74.4 Å². The number of benzene rings is 2. The number of para-hydroxylation sites is 1. The second kappa shape index (κ2) is 13.2. The quantitative estimate of drug-likeness (QED) is 0.380. The van der Waals surface area contributed by atoms with Gasteiger partial charge < -0.3 is 24.6 Å². The zero-order valence-electron chi connectivity index (χ0n) is 23.2. The molecule has 3 fully saturated rings. The minimum absolute atomic E-state index is 0.0324. The van der Waals surface area contributed by atoms with Gasteiger partial charge in [0, 0.05) is 32.7 Å². The molecule has 1 N–H and O–H groups in total. The maximum atomic E-state index is 14.1. The number of rotatable bonds is 9. The molecule has 2 atom stereocenters. The lowest BCUT2D eigenvalue weighted by Gasteiger charge is -2.44. The molecule has 2 saturated heterocycles. The molecule has 9 heteroatoms. The third-order valence-electron chi connectivity index (χ3n) is 8.08. The molecule has 214 valence electrons. The minimum atomic E-state index is -0.234. The summed E-state index contributed by atoms with van der Waals surface area (Å²) in [7, 11) is 1.61. The van der Waals surface area contributed by atoms with Crippen LogP contribution >= 0.6 is 0 Å². The van der Waals surface area contributed by atoms with Crippen LogP contribution in [0.25, 0.3) is 6.08 Å². The molecule has 0 bridgehead atoms. The van der Waals surface area contributed by atoms with Gasteiger partial charge >= 0.3 is 0 Å². The Balaban J connectivity index is 1.10. The highest BCUT2D eigenvalue weighted by Crippen LogP contribution is 2.33. The second-order valence-corrected chi connectivity index (χ2v) is 10.7. The molecule has 2 aliphatic heterocycles. The van der Waals surface area contributed by atoms with E-state index in [1.54, 1.807) is 24.2 Å². The number of nitrogens with one attached hydrogen (secondary N) is 1. The molecule has 0 aromatic heterocycles. The molecule has 5 rings (SSSR count). The van der Waals surface area contributed by atoms with Crippen LogP contribution in [0.2, 0.25) is 0 Å². The van der Waals surface area contributed by atoms with Crippen LogP contribution in [0.3, 0.4) is 0 Å². The van der Waals surface area contributed by atoms with Gasteiger partial charge in [0.2, 0.25) is 5.91 Å². The SMILES string of the molecule is COc1ccc(/C=C2/OC3CCCCC3N(CC(=O)NCCCN3CCN(c4ccccc4F)CC3)C2=O)cc1. The smallest absolute Gasteiger partial charge is 0.289 e. The number of anilines is 1. The van der Waals surface area contributed by atoms with Crippen molar-refractivity contribution in [2.45, 2.75) is 44.2 Å². The fraction of sp³-hybridized carbons (Fsp3) is 0.484. The number of morpholine rings is 1. The van der Waals surface area contributed by atoms with Crippen LogP contribution in [-0.4, -0.2) is 86.7 Å². The molecule has 2 aromatic carbocycles. The third-order valence-corrected chi connectivity index (χ3v) is 8.08. The molecule has 2 aromatic rings. The predicted octanol–water partition coefficient (Wildman–Crippen LogP) is 3.67. The zero-order valence-corrected chi connectivity index (χ0v) is 23.2. The number of nitrogens with zero attached hydrogens (tertiary/aromatic N) is 3. The molecule has 8 nitrogen and oxygen atoms in total. The molecule has 1 saturated carbocycles. The first-order valence-corrected chi connectivity index (χ1v) is 14.3. The molecule has 1 aliphatic carbocycles. The summed E-state index contributed by atoms with van der Waals surface area (Å²) in [6.07, 6.45) is 6.28. The number of hydrogen-bond donors (Lipinski definition) is 1. The number of fused-ring (bicyclic) bond motifs is 1. The number of amides is 2. The molecule has 3 aliphatic rings. The molecule has 40 heavy (non-hydrogen) atoms. The lowest BCUT2D eigenvalue weighted by atomic mass is 9.89. The first kappa shape index (κ1) is 28.0. The van der Waals surface area contributed by atoms with E-state index in [1.807, 2.05) is 36.4 Å². The van der Waals surface area contributed by atoms with Gasteiger partial charge in [0.15, 0.2) is 5.76 Å². The summed E-state index contributed by atoms with van der Waals surface area (Å²) in [5, 5.41) is 3.01. The van der Waals surface area contributed by atoms with Crippen LogP contribution < -0.4 is 15.0 Å². The Morgan fingerprint density at radius 1 is 1.07 bits per heavy atom. The van der Waals surface area contributed by atoms with Crippen LogP contribution in [0.1, 0.15) is 37.7 Å². The molecule has 2 amide bonds. The first-order chi connectivity index (χ1) is 19.5. The highest BCUT2D eigenvalue weighted by molar-refractivity contribution is 5.98. The molecule has 2 heterocycles. The highest BCUT2D eigenvalue weighted by Gasteiger charge is 2.42. The molecular weight excluding hydrogens is 511 g/mol. The second-order valence-electron chi connectivity index (χ2n) is 10.7. The Labute approximate surface area is 235 Å². The van der Waals surface area contributed by atoms with E-state index in [-0.39, 0.29) is 42.1 Å². The maximum absolute atomic E-state index is 14.1. The molecule has 2 unspecified atom stereocenters. The number of carbonyl (C=O) groups excluding carboxylic acids is 2. The zero-order chi connectivity index (χ0) is 27.9. The number of carbonyl (C=O) groups is 2. The van der Waals surface area contributed by atoms with E-state index >= 15 is 0 Å². The Bertz CT molecular complexity index is 1200. The first-order valence-electron chi connectivity index (χ1n) is 14.3. The Morgan fingerprint density at radius 3 is 2.58 bits per heavy atom. The predicted molar refractivity (Wildman–Crippen MR) is 152 cm³/mol. The third kappa shape index (κ3) is 6.75. The fourth-order valence-corrected chi connectivity index (χ4v) is 5.87. The van der Waals surface area contributed by atoms with Crippen LogP contribution in [0.15, 0.2) is 54.3 Å². The van der Waals surface area contributed by atoms with E-state index in [9.17, 15) is 14.0 Å². The van der Waals surface area contributed by atoms with E-state index in [2.05, 4.69) is 15.1 Å². The largest absolute Gasteiger partial charge is 0.497 e. The van der Waals surface area contributed by atoms with Crippen molar-refractivity contribution in [2.75, 3.05) is 57.8 Å². The Morgan fingerprint density at radius 2 is 1.82 bits per heavy atom. The van der Waals surface area contributed by atoms with Crippen LogP contribution in [0.4, 0.5) is 10.1 Å². The van der Waals surface area contributed by atoms with Crippen molar-refractivity contribution in [3.8, 4) is 5.75 Å². The normalized spacial score (nSPS) is 22.6. The number of ether oxygens (including phenoxy) is 2. The van der Waals surface area contributed by atoms with Gasteiger partial charge in [-0.1, -0.05) is 30.7 Å². The Hall–Kier alpha value is -3.59. The van der Waals surface area contributed by atoms with Crippen LogP contribution in [-0.2, 0) is 14.3 Å². The van der Waals surface area contributed by atoms with Crippen LogP contribution in [0.5, 0.6) is 5.75 Å². The van der Waals surface area contributed by atoms with Crippen molar-refractivity contribution in [3.05, 3.63) is 65.7 Å². The summed E-state index contributed by atoms with van der Waals surface area (Å²) in [6.45, 7) is 4.72. The average Bonchev–Trinajstić information content (AvgIpc) is 2.98. The van der Waals surface area contributed by atoms with Gasteiger partial charge in [-0.2, -0.15) is 0 Å². The van der Waals surface area contributed by atoms with Gasteiger partial charge in [-0.25, -0.2) is 4.39 Å². The maximum Gasteiger partial charge on any atom is 0.289 e. The van der Waals surface area contributed by atoms with Crippen LogP contribution in [0, 0.1) is 5.82 Å². The molecule has 0 radical (unpaired) electrons. The summed E-state index contributed by atoms with van der Waals surface area (Å²) in [4.78, 5) is 32.5. The van der Waals surface area contributed by atoms with Crippen molar-refractivity contribution in [1.82, 2.24) is 15.1 Å².